The van der Waals surface area contributed by atoms with Gasteiger partial charge in [-0.05, 0) is 17.7 Å². The van der Waals surface area contributed by atoms with Gasteiger partial charge in [-0.25, -0.2) is 0 Å². The van der Waals surface area contributed by atoms with Crippen molar-refractivity contribution < 1.29 is 34.0 Å². The Hall–Kier alpha value is -4.46. The summed E-state index contributed by atoms with van der Waals surface area (Å²) in [5.74, 6) is -2.79. The van der Waals surface area contributed by atoms with Crippen LogP contribution in [-0.4, -0.2) is 28.4 Å². The maximum atomic E-state index is 13.0. The molecule has 0 bridgehead atoms. The molecule has 5 rings (SSSR count). The zero-order valence-corrected chi connectivity index (χ0v) is 17.4. The molecule has 0 amide bonds. The fourth-order valence-corrected chi connectivity index (χ4v) is 4.16. The number of benzene rings is 3. The third kappa shape index (κ3) is 3.23. The van der Waals surface area contributed by atoms with Gasteiger partial charge in [0.2, 0.25) is 5.75 Å². The largest absolute Gasteiger partial charge is 0.504 e. The van der Waals surface area contributed by atoms with Crippen molar-refractivity contribution in [2.75, 3.05) is 7.11 Å². The first-order chi connectivity index (χ1) is 15.9. The lowest BCUT2D eigenvalue weighted by Gasteiger charge is -2.27. The van der Waals surface area contributed by atoms with Crippen LogP contribution < -0.4 is 14.9 Å². The summed E-state index contributed by atoms with van der Waals surface area (Å²) >= 11 is 0. The normalized spacial score (nSPS) is 15.2. The lowest BCUT2D eigenvalue weighted by molar-refractivity contribution is -0.135. The van der Waals surface area contributed by atoms with Gasteiger partial charge in [-0.3, -0.25) is 9.59 Å². The molecule has 0 saturated carbocycles. The van der Waals surface area contributed by atoms with E-state index in [2.05, 4.69) is 0 Å². The highest BCUT2D eigenvalue weighted by molar-refractivity contribution is 5.96. The number of phenols is 3. The van der Waals surface area contributed by atoms with Crippen LogP contribution in [-0.2, 0) is 4.79 Å². The zero-order chi connectivity index (χ0) is 23.3. The van der Waals surface area contributed by atoms with Gasteiger partial charge in [-0.1, -0.05) is 36.4 Å². The molecule has 1 aromatic heterocycles. The van der Waals surface area contributed by atoms with Crippen molar-refractivity contribution in [3.05, 3.63) is 75.9 Å². The standard InChI is InChI=1S/C25H18O8/c1-31-17-8-7-13(9-15(17)26)14-10-19(28)33-25-20(14)24-21(22(29)23(25)30)16(27)11-18(32-24)12-5-3-2-4-6-12/h2-9,11,14,26,29-30H,10H2,1H3/t14-/m1/s1. The van der Waals surface area contributed by atoms with E-state index in [0.29, 0.717) is 11.1 Å². The van der Waals surface area contributed by atoms with Crippen LogP contribution in [0, 0.1) is 0 Å². The Morgan fingerprint density at radius 1 is 0.970 bits per heavy atom. The maximum absolute atomic E-state index is 13.0. The van der Waals surface area contributed by atoms with Gasteiger partial charge >= 0.3 is 5.97 Å². The minimum atomic E-state index is -0.735. The van der Waals surface area contributed by atoms with Gasteiger partial charge in [0.15, 0.2) is 28.4 Å². The van der Waals surface area contributed by atoms with Crippen LogP contribution in [0.15, 0.2) is 63.8 Å². The second-order valence-electron chi connectivity index (χ2n) is 7.65. The number of rotatable bonds is 3. The third-order valence-corrected chi connectivity index (χ3v) is 5.71. The highest BCUT2D eigenvalue weighted by Gasteiger charge is 2.37. The average Bonchev–Trinajstić information content (AvgIpc) is 2.82. The lowest BCUT2D eigenvalue weighted by Crippen LogP contribution is -2.22. The summed E-state index contributed by atoms with van der Waals surface area (Å²) < 4.78 is 16.4. The average molecular weight is 446 g/mol. The highest BCUT2D eigenvalue weighted by atomic mass is 16.5. The van der Waals surface area contributed by atoms with Crippen LogP contribution in [0.25, 0.3) is 22.3 Å². The smallest absolute Gasteiger partial charge is 0.312 e. The molecular weight excluding hydrogens is 428 g/mol. The minimum absolute atomic E-state index is 0.0144. The molecule has 3 aromatic carbocycles. The molecule has 1 atom stereocenters. The number of fused-ring (bicyclic) bond motifs is 3. The molecule has 4 aromatic rings. The zero-order valence-electron chi connectivity index (χ0n) is 17.4. The highest BCUT2D eigenvalue weighted by Crippen LogP contribution is 2.52. The Kier molecular flexibility index (Phi) is 4.70. The van der Waals surface area contributed by atoms with E-state index in [1.54, 1.807) is 30.3 Å². The second-order valence-corrected chi connectivity index (χ2v) is 7.65. The van der Waals surface area contributed by atoms with Crippen LogP contribution in [0.1, 0.15) is 23.5 Å². The molecule has 0 fully saturated rings. The first-order valence-corrected chi connectivity index (χ1v) is 10.1. The van der Waals surface area contributed by atoms with E-state index in [-0.39, 0.29) is 46.0 Å². The monoisotopic (exact) mass is 446 g/mol. The van der Waals surface area contributed by atoms with Crippen LogP contribution in [0.5, 0.6) is 28.7 Å². The molecule has 0 radical (unpaired) electrons. The van der Waals surface area contributed by atoms with Crippen molar-refractivity contribution in [1.29, 1.82) is 0 Å². The van der Waals surface area contributed by atoms with Gasteiger partial charge in [0.1, 0.15) is 16.7 Å². The summed E-state index contributed by atoms with van der Waals surface area (Å²) in [5.41, 5.74) is 0.771. The Morgan fingerprint density at radius 3 is 2.42 bits per heavy atom. The van der Waals surface area contributed by atoms with E-state index < -0.39 is 28.8 Å². The first kappa shape index (κ1) is 20.4. The van der Waals surface area contributed by atoms with E-state index in [4.69, 9.17) is 13.9 Å². The van der Waals surface area contributed by atoms with Gasteiger partial charge in [-0.15, -0.1) is 0 Å². The first-order valence-electron chi connectivity index (χ1n) is 10.1. The lowest BCUT2D eigenvalue weighted by atomic mass is 9.84. The second kappa shape index (κ2) is 7.59. The van der Waals surface area contributed by atoms with Crippen LogP contribution in [0.3, 0.4) is 0 Å². The molecule has 1 aliphatic heterocycles. The van der Waals surface area contributed by atoms with Crippen molar-refractivity contribution in [2.45, 2.75) is 12.3 Å². The van der Waals surface area contributed by atoms with Gasteiger partial charge in [-0.2, -0.15) is 0 Å². The van der Waals surface area contributed by atoms with E-state index in [1.807, 2.05) is 6.07 Å². The maximum Gasteiger partial charge on any atom is 0.312 e. The summed E-state index contributed by atoms with van der Waals surface area (Å²) in [4.78, 5) is 25.4. The Morgan fingerprint density at radius 2 is 1.73 bits per heavy atom. The molecular formula is C25H18O8. The van der Waals surface area contributed by atoms with Crippen molar-refractivity contribution in [3.63, 3.8) is 0 Å². The molecule has 1 aliphatic rings. The predicted molar refractivity (Wildman–Crippen MR) is 118 cm³/mol. The van der Waals surface area contributed by atoms with E-state index in [9.17, 15) is 24.9 Å². The number of hydrogen-bond donors (Lipinski definition) is 3. The van der Waals surface area contributed by atoms with E-state index in [1.165, 1.54) is 25.3 Å². The van der Waals surface area contributed by atoms with Crippen LogP contribution in [0.4, 0.5) is 0 Å². The number of carbonyl (C=O) groups excluding carboxylic acids is 1. The fourth-order valence-electron chi connectivity index (χ4n) is 4.16. The fraction of sp³-hybridized carbons (Fsp3) is 0.120. The quantitative estimate of drug-likeness (QED) is 0.245. The Balaban J connectivity index is 1.85. The molecule has 0 unspecified atom stereocenters. The Labute approximate surface area is 186 Å². The van der Waals surface area contributed by atoms with Crippen LogP contribution in [0.2, 0.25) is 0 Å². The van der Waals surface area contributed by atoms with Crippen molar-refractivity contribution in [2.24, 2.45) is 0 Å². The summed E-state index contributed by atoms with van der Waals surface area (Å²) in [7, 11) is 1.41. The van der Waals surface area contributed by atoms with Crippen molar-refractivity contribution >= 4 is 16.9 Å². The van der Waals surface area contributed by atoms with Crippen molar-refractivity contribution in [1.82, 2.24) is 0 Å². The molecule has 0 aliphatic carbocycles. The topological polar surface area (TPSA) is 126 Å². The summed E-state index contributed by atoms with van der Waals surface area (Å²) in [6, 6.07) is 14.8. The third-order valence-electron chi connectivity index (χ3n) is 5.71. The van der Waals surface area contributed by atoms with E-state index in [0.717, 1.165) is 0 Å². The number of esters is 1. The number of methoxy groups -OCH3 is 1. The van der Waals surface area contributed by atoms with Gasteiger partial charge in [0.05, 0.1) is 19.1 Å². The molecule has 33 heavy (non-hydrogen) atoms. The summed E-state index contributed by atoms with van der Waals surface area (Å²) in [6.45, 7) is 0. The predicted octanol–water partition coefficient (Wildman–Crippen LogP) is 4.03. The number of ether oxygens (including phenoxy) is 2. The number of carbonyl (C=O) groups is 1. The molecule has 0 spiro atoms. The molecule has 8 nitrogen and oxygen atoms in total. The van der Waals surface area contributed by atoms with E-state index >= 15 is 0 Å². The van der Waals surface area contributed by atoms with Crippen molar-refractivity contribution in [3.8, 4) is 40.1 Å². The van der Waals surface area contributed by atoms with Crippen LogP contribution >= 0.6 is 0 Å². The number of phenolic OH excluding ortho intramolecular Hbond substituents is 3. The van der Waals surface area contributed by atoms with Gasteiger partial charge in [0, 0.05) is 17.5 Å². The molecule has 166 valence electrons. The summed E-state index contributed by atoms with van der Waals surface area (Å²) in [5, 5.41) is 31.2. The number of hydrogen-bond acceptors (Lipinski definition) is 8. The minimum Gasteiger partial charge on any atom is -0.504 e. The van der Waals surface area contributed by atoms with Gasteiger partial charge in [0.25, 0.3) is 0 Å². The van der Waals surface area contributed by atoms with Gasteiger partial charge < -0.3 is 29.2 Å². The number of aromatic hydroxyl groups is 3. The molecule has 0 saturated heterocycles. The summed E-state index contributed by atoms with van der Waals surface area (Å²) in [6.07, 6.45) is -0.142. The Bertz CT molecular complexity index is 1470. The molecule has 2 heterocycles. The molecule has 8 heteroatoms. The molecule has 3 N–H and O–H groups in total. The SMILES string of the molecule is COc1ccc([C@H]2CC(=O)Oc3c(O)c(O)c4c(=O)cc(-c5ccccc5)oc4c32)cc1O.